The molecule has 1 amide bonds. The van der Waals surface area contributed by atoms with Crippen LogP contribution in [0.5, 0.6) is 0 Å². The summed E-state index contributed by atoms with van der Waals surface area (Å²) in [6.45, 7) is 3.53. The number of carbonyl (C=O) groups is 2. The third-order valence-corrected chi connectivity index (χ3v) is 3.33. The molecule has 2 rings (SSSR count). The number of aromatic nitrogens is 2. The molecule has 0 saturated carbocycles. The first kappa shape index (κ1) is 15.0. The van der Waals surface area contributed by atoms with Gasteiger partial charge in [-0.25, -0.2) is 14.2 Å². The Labute approximate surface area is 120 Å². The van der Waals surface area contributed by atoms with Crippen molar-refractivity contribution in [3.05, 3.63) is 32.6 Å². The van der Waals surface area contributed by atoms with Gasteiger partial charge in [0.1, 0.15) is 0 Å². The molecule has 1 aromatic heterocycles. The molecule has 0 bridgehead atoms. The van der Waals surface area contributed by atoms with Crippen molar-refractivity contribution in [1.29, 1.82) is 0 Å². The number of aromatic amines is 1. The van der Waals surface area contributed by atoms with Gasteiger partial charge in [0.25, 0.3) is 5.56 Å². The van der Waals surface area contributed by atoms with E-state index < -0.39 is 23.4 Å². The fraction of sp³-hybridized carbons (Fsp3) is 0.538. The first-order valence-corrected chi connectivity index (χ1v) is 6.74. The van der Waals surface area contributed by atoms with Crippen molar-refractivity contribution in [3.8, 4) is 0 Å². The molecule has 2 heterocycles. The smallest absolute Gasteiger partial charge is 0.350 e. The normalized spacial score (nSPS) is 16.1. The van der Waals surface area contributed by atoms with Gasteiger partial charge in [-0.2, -0.15) is 0 Å². The third kappa shape index (κ3) is 2.74. The highest BCUT2D eigenvalue weighted by atomic mass is 16.5. The summed E-state index contributed by atoms with van der Waals surface area (Å²) in [4.78, 5) is 51.8. The average Bonchev–Trinajstić information content (AvgIpc) is 2.85. The van der Waals surface area contributed by atoms with Crippen LogP contribution in [-0.4, -0.2) is 39.5 Å². The molecular formula is C13H17N3O5. The van der Waals surface area contributed by atoms with Crippen LogP contribution in [0.2, 0.25) is 0 Å². The molecule has 1 aliphatic heterocycles. The van der Waals surface area contributed by atoms with Gasteiger partial charge in [0.15, 0.2) is 0 Å². The van der Waals surface area contributed by atoms with Crippen LogP contribution in [-0.2, 0) is 14.3 Å². The van der Waals surface area contributed by atoms with E-state index in [1.807, 2.05) is 0 Å². The lowest BCUT2D eigenvalue weighted by molar-refractivity contribution is -0.158. The van der Waals surface area contributed by atoms with Crippen molar-refractivity contribution in [2.45, 2.75) is 32.9 Å². The van der Waals surface area contributed by atoms with Crippen molar-refractivity contribution in [1.82, 2.24) is 14.5 Å². The largest absolute Gasteiger partial charge is 0.463 e. The maximum atomic E-state index is 12.2. The van der Waals surface area contributed by atoms with E-state index in [-0.39, 0.29) is 24.5 Å². The van der Waals surface area contributed by atoms with Gasteiger partial charge in [-0.15, -0.1) is 0 Å². The van der Waals surface area contributed by atoms with Gasteiger partial charge < -0.3 is 14.6 Å². The van der Waals surface area contributed by atoms with Crippen LogP contribution < -0.4 is 11.2 Å². The second kappa shape index (κ2) is 5.94. The Morgan fingerprint density at radius 2 is 2.14 bits per heavy atom. The van der Waals surface area contributed by atoms with Gasteiger partial charge in [0.2, 0.25) is 12.1 Å². The number of ether oxygens (including phenoxy) is 1. The van der Waals surface area contributed by atoms with Crippen LogP contribution in [0.15, 0.2) is 15.8 Å². The number of esters is 1. The molecule has 0 radical (unpaired) electrons. The van der Waals surface area contributed by atoms with Crippen molar-refractivity contribution < 1.29 is 14.3 Å². The predicted octanol–water partition coefficient (Wildman–Crippen LogP) is -0.471. The Hall–Kier alpha value is -2.38. The van der Waals surface area contributed by atoms with Gasteiger partial charge in [-0.05, 0) is 20.3 Å². The van der Waals surface area contributed by atoms with Crippen LogP contribution in [0.1, 0.15) is 31.5 Å². The summed E-state index contributed by atoms with van der Waals surface area (Å²) in [7, 11) is 0. The Morgan fingerprint density at radius 1 is 1.43 bits per heavy atom. The lowest BCUT2D eigenvalue weighted by Gasteiger charge is -2.26. The van der Waals surface area contributed by atoms with Crippen molar-refractivity contribution >= 4 is 11.9 Å². The highest BCUT2D eigenvalue weighted by Crippen LogP contribution is 2.20. The number of likely N-dealkylation sites (tertiary alicyclic amines) is 1. The van der Waals surface area contributed by atoms with Crippen LogP contribution in [0.25, 0.3) is 0 Å². The zero-order valence-corrected chi connectivity index (χ0v) is 11.9. The molecule has 114 valence electrons. The summed E-state index contributed by atoms with van der Waals surface area (Å²) in [6, 6.07) is 0. The number of aryl methyl sites for hydroxylation is 1. The Balaban J connectivity index is 2.58. The van der Waals surface area contributed by atoms with Gasteiger partial charge >= 0.3 is 11.7 Å². The van der Waals surface area contributed by atoms with Gasteiger partial charge in [0.05, 0.1) is 6.61 Å². The fourth-order valence-corrected chi connectivity index (χ4v) is 2.32. The Morgan fingerprint density at radius 3 is 2.71 bits per heavy atom. The lowest BCUT2D eigenvalue weighted by atomic mass is 10.3. The third-order valence-electron chi connectivity index (χ3n) is 3.33. The van der Waals surface area contributed by atoms with Crippen molar-refractivity contribution in [2.75, 3.05) is 13.2 Å². The summed E-state index contributed by atoms with van der Waals surface area (Å²) in [5.74, 6) is -1.06. The van der Waals surface area contributed by atoms with E-state index in [1.54, 1.807) is 6.92 Å². The first-order chi connectivity index (χ1) is 9.97. The predicted molar refractivity (Wildman–Crippen MR) is 72.7 cm³/mol. The molecule has 0 aliphatic carbocycles. The molecule has 1 N–H and O–H groups in total. The summed E-state index contributed by atoms with van der Waals surface area (Å²) < 4.78 is 5.67. The summed E-state index contributed by atoms with van der Waals surface area (Å²) >= 11 is 0. The zero-order chi connectivity index (χ0) is 15.6. The van der Waals surface area contributed by atoms with E-state index in [1.165, 1.54) is 18.0 Å². The summed E-state index contributed by atoms with van der Waals surface area (Å²) in [5, 5.41) is 0. The molecular weight excluding hydrogens is 278 g/mol. The molecule has 1 saturated heterocycles. The number of amides is 1. The fourth-order valence-electron chi connectivity index (χ4n) is 2.32. The number of nitrogens with zero attached hydrogens (tertiary/aromatic N) is 2. The standard InChI is InChI=1S/C13H17N3O5/c1-3-21-12(19)10(15-6-4-5-9(15)17)16-11(18)8(2)7-14-13(16)20/h7,10H,3-6H2,1-2H3,(H,14,20)/t10-/m0/s1. The first-order valence-electron chi connectivity index (χ1n) is 6.74. The topological polar surface area (TPSA) is 101 Å². The van der Waals surface area contributed by atoms with Crippen LogP contribution in [0, 0.1) is 6.92 Å². The number of carbonyl (C=O) groups excluding carboxylic acids is 2. The SMILES string of the molecule is CCOC(=O)[C@@H](N1CCCC1=O)n1c(=O)[nH]cc(C)c1=O. The van der Waals surface area contributed by atoms with Crippen molar-refractivity contribution in [3.63, 3.8) is 0 Å². The molecule has 1 fully saturated rings. The van der Waals surface area contributed by atoms with Crippen LogP contribution in [0.3, 0.4) is 0 Å². The number of rotatable bonds is 4. The van der Waals surface area contributed by atoms with E-state index in [0.717, 1.165) is 4.57 Å². The van der Waals surface area contributed by atoms with E-state index in [4.69, 9.17) is 4.74 Å². The van der Waals surface area contributed by atoms with E-state index in [2.05, 4.69) is 4.98 Å². The van der Waals surface area contributed by atoms with Crippen LogP contribution >= 0.6 is 0 Å². The molecule has 0 unspecified atom stereocenters. The number of H-pyrrole nitrogens is 1. The minimum atomic E-state index is -1.35. The maximum Gasteiger partial charge on any atom is 0.350 e. The molecule has 1 aliphatic rings. The van der Waals surface area contributed by atoms with Gasteiger partial charge in [-0.3, -0.25) is 9.59 Å². The minimum Gasteiger partial charge on any atom is -0.463 e. The van der Waals surface area contributed by atoms with E-state index >= 15 is 0 Å². The molecule has 0 aromatic carbocycles. The molecule has 1 atom stereocenters. The molecule has 8 heteroatoms. The van der Waals surface area contributed by atoms with E-state index in [9.17, 15) is 19.2 Å². The zero-order valence-electron chi connectivity index (χ0n) is 11.9. The monoisotopic (exact) mass is 295 g/mol. The van der Waals surface area contributed by atoms with E-state index in [0.29, 0.717) is 13.0 Å². The number of hydrogen-bond donors (Lipinski definition) is 1. The summed E-state index contributed by atoms with van der Waals surface area (Å²) in [6.07, 6.45) is 0.785. The van der Waals surface area contributed by atoms with Crippen LogP contribution in [0.4, 0.5) is 0 Å². The quantitative estimate of drug-likeness (QED) is 0.757. The van der Waals surface area contributed by atoms with Gasteiger partial charge in [0, 0.05) is 24.7 Å². The summed E-state index contributed by atoms with van der Waals surface area (Å²) in [5.41, 5.74) is -1.09. The second-order valence-corrected chi connectivity index (χ2v) is 4.77. The highest BCUT2D eigenvalue weighted by Gasteiger charge is 2.37. The minimum absolute atomic E-state index is 0.0931. The van der Waals surface area contributed by atoms with Crippen molar-refractivity contribution in [2.24, 2.45) is 0 Å². The van der Waals surface area contributed by atoms with Gasteiger partial charge in [-0.1, -0.05) is 0 Å². The molecule has 0 spiro atoms. The molecule has 21 heavy (non-hydrogen) atoms. The second-order valence-electron chi connectivity index (χ2n) is 4.77. The number of nitrogens with one attached hydrogen (secondary N) is 1. The molecule has 8 nitrogen and oxygen atoms in total. The Kier molecular flexibility index (Phi) is 4.25. The Bertz CT molecular complexity index is 675. The number of hydrogen-bond acceptors (Lipinski definition) is 5. The maximum absolute atomic E-state index is 12.2. The lowest BCUT2D eigenvalue weighted by Crippen LogP contribution is -2.50. The molecule has 1 aromatic rings. The average molecular weight is 295 g/mol. The highest BCUT2D eigenvalue weighted by molar-refractivity contribution is 5.84.